The van der Waals surface area contributed by atoms with Gasteiger partial charge in [-0.2, -0.15) is 0 Å². The second-order valence-corrected chi connectivity index (χ2v) is 25.5. The van der Waals surface area contributed by atoms with Gasteiger partial charge in [-0.1, -0.05) is 201 Å². The largest absolute Gasteiger partial charge is 0.454 e. The van der Waals surface area contributed by atoms with Crippen molar-refractivity contribution in [3.63, 3.8) is 0 Å². The maximum atomic E-state index is 7.32. The zero-order chi connectivity index (χ0) is 55.3. The number of para-hydroxylation sites is 4. The molecule has 0 saturated heterocycles. The summed E-state index contributed by atoms with van der Waals surface area (Å²) in [6.45, 7) is 19.2. The number of rotatable bonds is 6. The Bertz CT molecular complexity index is 4620. The highest BCUT2D eigenvalue weighted by molar-refractivity contribution is 6.22. The van der Waals surface area contributed by atoms with Crippen LogP contribution in [0.3, 0.4) is 0 Å². The van der Waals surface area contributed by atoms with E-state index >= 15 is 0 Å². The topological polar surface area (TPSA) is 32.8 Å². The number of benzene rings is 11. The molecule has 0 spiro atoms. The first-order valence-electron chi connectivity index (χ1n) is 29.1. The summed E-state index contributed by atoms with van der Waals surface area (Å²) in [4.78, 5) is 4.97. The lowest BCUT2D eigenvalue weighted by Gasteiger charge is -2.30. The zero-order valence-electron chi connectivity index (χ0n) is 47.5. The molecule has 13 aromatic rings. The van der Waals surface area contributed by atoms with Gasteiger partial charge in [-0.3, -0.25) is 0 Å². The van der Waals surface area contributed by atoms with Gasteiger partial charge in [0, 0.05) is 65.7 Å². The van der Waals surface area contributed by atoms with Gasteiger partial charge in [0.2, 0.25) is 0 Å². The minimum absolute atomic E-state index is 0.170. The van der Waals surface area contributed by atoms with Gasteiger partial charge >= 0.3 is 0 Å². The van der Waals surface area contributed by atoms with Crippen molar-refractivity contribution in [2.24, 2.45) is 0 Å². The van der Waals surface area contributed by atoms with Crippen molar-refractivity contribution < 1.29 is 8.83 Å². The van der Waals surface area contributed by atoms with Crippen LogP contribution >= 0.6 is 0 Å². The van der Waals surface area contributed by atoms with Crippen molar-refractivity contribution >= 4 is 78.0 Å². The highest BCUT2D eigenvalue weighted by atomic mass is 16.3. The summed E-state index contributed by atoms with van der Waals surface area (Å²) in [5.74, 6) is 0. The first kappa shape index (κ1) is 47.4. The number of hydrogen-bond acceptors (Lipinski definition) is 4. The minimum atomic E-state index is -0.414. The summed E-state index contributed by atoms with van der Waals surface area (Å²) in [6.07, 6.45) is 0. The molecule has 0 radical (unpaired) electrons. The fourth-order valence-corrected chi connectivity index (χ4v) is 15.8. The summed E-state index contributed by atoms with van der Waals surface area (Å²) in [5.41, 5.74) is 29.6. The molecule has 0 unspecified atom stereocenters. The van der Waals surface area contributed by atoms with Gasteiger partial charge in [0.15, 0.2) is 11.2 Å². The maximum Gasteiger partial charge on any atom is 0.160 e. The van der Waals surface area contributed by atoms with E-state index in [1.54, 1.807) is 0 Å². The molecule has 11 aromatic carbocycles. The summed E-state index contributed by atoms with van der Waals surface area (Å²) in [5, 5.41) is 4.55. The molecule has 0 amide bonds. The highest BCUT2D eigenvalue weighted by Gasteiger charge is 2.47. The molecule has 0 aliphatic heterocycles. The van der Waals surface area contributed by atoms with Gasteiger partial charge in [-0.25, -0.2) is 0 Å². The van der Waals surface area contributed by atoms with Crippen LogP contribution in [0.15, 0.2) is 227 Å². The van der Waals surface area contributed by atoms with E-state index in [0.29, 0.717) is 0 Å². The van der Waals surface area contributed by atoms with E-state index in [4.69, 9.17) is 8.83 Å². The van der Waals surface area contributed by atoms with Crippen LogP contribution in [0, 0.1) is 0 Å². The van der Waals surface area contributed by atoms with Crippen LogP contribution in [-0.2, 0) is 21.7 Å². The molecule has 0 saturated carbocycles. The van der Waals surface area contributed by atoms with Gasteiger partial charge < -0.3 is 18.6 Å². The molecule has 0 fully saturated rings. The van der Waals surface area contributed by atoms with Gasteiger partial charge in [0.25, 0.3) is 0 Å². The van der Waals surface area contributed by atoms with E-state index in [1.807, 2.05) is 0 Å². The van der Waals surface area contributed by atoms with Crippen LogP contribution in [0.25, 0.3) is 88.4 Å². The van der Waals surface area contributed by atoms with Gasteiger partial charge in [-0.15, -0.1) is 0 Å². The summed E-state index contributed by atoms with van der Waals surface area (Å²) in [7, 11) is 0. The van der Waals surface area contributed by atoms with Crippen LogP contribution in [0.2, 0.25) is 0 Å². The normalized spacial score (nSPS) is 15.7. The van der Waals surface area contributed by atoms with Crippen molar-refractivity contribution in [3.8, 4) is 44.5 Å². The predicted molar refractivity (Wildman–Crippen MR) is 341 cm³/mol. The predicted octanol–water partition coefficient (Wildman–Crippen LogP) is 21.7. The summed E-state index contributed by atoms with van der Waals surface area (Å²) < 4.78 is 14.6. The lowest BCUT2D eigenvalue weighted by molar-refractivity contribution is 0.650. The first-order chi connectivity index (χ1) is 39.7. The number of hydrogen-bond donors (Lipinski definition) is 0. The lowest BCUT2D eigenvalue weighted by Crippen LogP contribution is -2.18. The van der Waals surface area contributed by atoms with E-state index in [0.717, 1.165) is 78.0 Å². The van der Waals surface area contributed by atoms with Crippen LogP contribution < -0.4 is 9.80 Å². The number of nitrogens with zero attached hydrogens (tertiary/aromatic N) is 2. The quantitative estimate of drug-likeness (QED) is 0.166. The molecule has 2 aromatic heterocycles. The maximum absolute atomic E-state index is 7.32. The Hall–Kier alpha value is -9.38. The number of fused-ring (bicyclic) bond motifs is 20. The third kappa shape index (κ3) is 6.01. The standard InChI is InChI=1S/C78H60N2O2/c1-75(2)53-33-19-15-29-47(53)67-55(75)35-23-37-61(67)79(45-25-11-9-12-26-45)63-43-59-69(71-49-31-17-21-39-65(49)81-73(63)71)51-41-58-52(42-57(51)77(59,5)6)70-60(78(58,7)8)44-64(74-72(70)50-32-18-22-40-66(50)82-74)80(46-27-13-10-14-28-46)62-38-24-36-56-68(62)48-30-16-20-34-54(48)76(56,3)4/h9-44H,1-8H3. The summed E-state index contributed by atoms with van der Waals surface area (Å²) >= 11 is 0. The third-order valence-electron chi connectivity index (χ3n) is 19.8. The minimum Gasteiger partial charge on any atom is -0.454 e. The van der Waals surface area contributed by atoms with Crippen LogP contribution in [-0.4, -0.2) is 0 Å². The molecule has 4 aliphatic rings. The molecule has 2 heterocycles. The van der Waals surface area contributed by atoms with Crippen molar-refractivity contribution in [2.75, 3.05) is 9.80 Å². The zero-order valence-corrected chi connectivity index (χ0v) is 47.5. The Labute approximate surface area is 478 Å². The molecule has 4 nitrogen and oxygen atoms in total. The molecule has 17 rings (SSSR count). The van der Waals surface area contributed by atoms with E-state index in [1.165, 1.54) is 89.0 Å². The van der Waals surface area contributed by atoms with Crippen molar-refractivity contribution in [3.05, 3.63) is 263 Å². The fraction of sp³-hybridized carbons (Fsp3) is 0.154. The van der Waals surface area contributed by atoms with Crippen molar-refractivity contribution in [1.29, 1.82) is 0 Å². The molecular formula is C78H60N2O2. The third-order valence-corrected chi connectivity index (χ3v) is 19.8. The lowest BCUT2D eigenvalue weighted by atomic mass is 9.79. The number of furan rings is 2. The molecule has 0 bridgehead atoms. The summed E-state index contributed by atoms with van der Waals surface area (Å²) in [6, 6.07) is 81.0. The average molecular weight is 1060 g/mol. The van der Waals surface area contributed by atoms with Gasteiger partial charge in [0.1, 0.15) is 11.2 Å². The SMILES string of the molecule is CC1(C)c2ccccc2-c2c(N(c3ccccc3)c3cc4c(c5c3oc3ccccc35)-c3cc5c(cc3C4(C)C)-c3c(cc(N(c4ccccc4)c4cccc6c4-c4ccccc4C6(C)C)c4oc6ccccc6c34)C5(C)C)cccc21. The van der Waals surface area contributed by atoms with Crippen LogP contribution in [0.1, 0.15) is 99.9 Å². The smallest absolute Gasteiger partial charge is 0.160 e. The highest BCUT2D eigenvalue weighted by Crippen LogP contribution is 2.64. The van der Waals surface area contributed by atoms with E-state index in [9.17, 15) is 0 Å². The monoisotopic (exact) mass is 1060 g/mol. The van der Waals surface area contributed by atoms with E-state index < -0.39 is 10.8 Å². The van der Waals surface area contributed by atoms with Crippen LogP contribution in [0.4, 0.5) is 34.1 Å². The van der Waals surface area contributed by atoms with Crippen molar-refractivity contribution in [2.45, 2.75) is 77.0 Å². The van der Waals surface area contributed by atoms with E-state index in [-0.39, 0.29) is 10.8 Å². The molecule has 4 aliphatic carbocycles. The second-order valence-electron chi connectivity index (χ2n) is 25.5. The Morgan fingerprint density at radius 3 is 1.05 bits per heavy atom. The second kappa shape index (κ2) is 16.2. The number of anilines is 6. The van der Waals surface area contributed by atoms with Gasteiger partial charge in [0.05, 0.1) is 22.7 Å². The molecular weight excluding hydrogens is 997 g/mol. The Morgan fingerprint density at radius 1 is 0.268 bits per heavy atom. The molecule has 0 atom stereocenters. The molecule has 82 heavy (non-hydrogen) atoms. The first-order valence-corrected chi connectivity index (χ1v) is 29.1. The fourth-order valence-electron chi connectivity index (χ4n) is 15.8. The van der Waals surface area contributed by atoms with Crippen molar-refractivity contribution in [1.82, 2.24) is 0 Å². The molecule has 0 N–H and O–H groups in total. The van der Waals surface area contributed by atoms with E-state index in [2.05, 4.69) is 284 Å². The Morgan fingerprint density at radius 2 is 0.622 bits per heavy atom. The van der Waals surface area contributed by atoms with Gasteiger partial charge in [-0.05, 0) is 151 Å². The molecule has 394 valence electrons. The molecule has 4 heteroatoms. The van der Waals surface area contributed by atoms with Crippen LogP contribution in [0.5, 0.6) is 0 Å². The Balaban J connectivity index is 0.919. The Kier molecular flexibility index (Phi) is 9.35. The average Bonchev–Trinajstić information content (AvgIpc) is 2.25.